The van der Waals surface area contributed by atoms with Crippen molar-refractivity contribution < 1.29 is 0 Å². The fourth-order valence-corrected chi connectivity index (χ4v) is 2.68. The summed E-state index contributed by atoms with van der Waals surface area (Å²) in [5, 5.41) is 0.961. The van der Waals surface area contributed by atoms with Crippen molar-refractivity contribution in [2.24, 2.45) is 5.73 Å². The van der Waals surface area contributed by atoms with Gasteiger partial charge in [0.1, 0.15) is 5.01 Å². The third-order valence-electron chi connectivity index (χ3n) is 2.88. The molecule has 0 aromatic carbocycles. The third kappa shape index (κ3) is 2.25. The van der Waals surface area contributed by atoms with E-state index in [1.165, 1.54) is 4.88 Å². The predicted octanol–water partition coefficient (Wildman–Crippen LogP) is 2.59. The van der Waals surface area contributed by atoms with E-state index in [1.54, 1.807) is 11.3 Å². The fourth-order valence-electron chi connectivity index (χ4n) is 1.74. The maximum atomic E-state index is 6.27. The highest BCUT2D eigenvalue weighted by Crippen LogP contribution is 2.27. The van der Waals surface area contributed by atoms with Crippen molar-refractivity contribution in [3.63, 3.8) is 0 Å². The molecule has 92 valence electrons. The van der Waals surface area contributed by atoms with Gasteiger partial charge in [-0.2, -0.15) is 0 Å². The van der Waals surface area contributed by atoms with Crippen molar-refractivity contribution in [2.45, 2.75) is 39.8 Å². The van der Waals surface area contributed by atoms with Crippen LogP contribution < -0.4 is 5.73 Å². The Hall–Kier alpha value is -1.20. The number of imidazole rings is 1. The van der Waals surface area contributed by atoms with Gasteiger partial charge in [0.05, 0.1) is 30.0 Å². The van der Waals surface area contributed by atoms with Gasteiger partial charge in [0.25, 0.3) is 0 Å². The van der Waals surface area contributed by atoms with Crippen LogP contribution in [0.4, 0.5) is 0 Å². The lowest BCUT2D eigenvalue weighted by atomic mass is 10.2. The van der Waals surface area contributed by atoms with E-state index in [2.05, 4.69) is 35.3 Å². The SMILES string of the molecule is Cc1nc(C(N)c2cncn2C(C)C)sc1C. The Labute approximate surface area is 106 Å². The van der Waals surface area contributed by atoms with E-state index in [0.717, 1.165) is 16.4 Å². The summed E-state index contributed by atoms with van der Waals surface area (Å²) in [5.41, 5.74) is 8.36. The van der Waals surface area contributed by atoms with Crippen LogP contribution >= 0.6 is 11.3 Å². The Morgan fingerprint density at radius 2 is 2.06 bits per heavy atom. The lowest BCUT2D eigenvalue weighted by Crippen LogP contribution is -2.17. The minimum absolute atomic E-state index is 0.183. The summed E-state index contributed by atoms with van der Waals surface area (Å²) in [5.74, 6) is 0. The lowest BCUT2D eigenvalue weighted by Gasteiger charge is -2.15. The second-order valence-corrected chi connectivity index (χ2v) is 5.73. The molecule has 0 amide bonds. The maximum absolute atomic E-state index is 6.27. The summed E-state index contributed by atoms with van der Waals surface area (Å²) in [6, 6.07) is 0.179. The van der Waals surface area contributed by atoms with Gasteiger partial charge in [-0.15, -0.1) is 11.3 Å². The first-order valence-electron chi connectivity index (χ1n) is 5.72. The zero-order chi connectivity index (χ0) is 12.6. The molecule has 2 aromatic heterocycles. The van der Waals surface area contributed by atoms with Crippen LogP contribution in [-0.2, 0) is 0 Å². The molecule has 5 heteroatoms. The molecule has 2 N–H and O–H groups in total. The highest BCUT2D eigenvalue weighted by Gasteiger charge is 2.19. The Morgan fingerprint density at radius 3 is 2.59 bits per heavy atom. The summed E-state index contributed by atoms with van der Waals surface area (Å²) in [6.07, 6.45) is 3.66. The van der Waals surface area contributed by atoms with Crippen molar-refractivity contribution in [3.05, 3.63) is 33.8 Å². The summed E-state index contributed by atoms with van der Waals surface area (Å²) < 4.78 is 2.09. The zero-order valence-corrected chi connectivity index (χ0v) is 11.5. The largest absolute Gasteiger partial charge is 0.330 e. The molecule has 0 aliphatic rings. The van der Waals surface area contributed by atoms with Gasteiger partial charge in [-0.05, 0) is 27.7 Å². The van der Waals surface area contributed by atoms with Crippen LogP contribution in [0.1, 0.15) is 47.2 Å². The molecule has 0 saturated carbocycles. The topological polar surface area (TPSA) is 56.7 Å². The summed E-state index contributed by atoms with van der Waals surface area (Å²) >= 11 is 1.66. The normalized spacial score (nSPS) is 13.3. The third-order valence-corrected chi connectivity index (χ3v) is 4.04. The molecule has 0 aliphatic carbocycles. The van der Waals surface area contributed by atoms with Gasteiger partial charge in [-0.1, -0.05) is 0 Å². The monoisotopic (exact) mass is 250 g/mol. The first-order chi connectivity index (χ1) is 8.00. The molecule has 2 rings (SSSR count). The standard InChI is InChI=1S/C12H18N4S/c1-7(2)16-6-14-5-10(16)11(13)12-15-8(3)9(4)17-12/h5-7,11H,13H2,1-4H3. The van der Waals surface area contributed by atoms with Gasteiger partial charge in [-0.25, -0.2) is 9.97 Å². The van der Waals surface area contributed by atoms with Gasteiger partial charge >= 0.3 is 0 Å². The molecule has 1 atom stereocenters. The minimum Gasteiger partial charge on any atom is -0.330 e. The van der Waals surface area contributed by atoms with Crippen molar-refractivity contribution in [1.82, 2.24) is 14.5 Å². The summed E-state index contributed by atoms with van der Waals surface area (Å²) in [4.78, 5) is 9.93. The molecule has 4 nitrogen and oxygen atoms in total. The highest BCUT2D eigenvalue weighted by atomic mass is 32.1. The fraction of sp³-hybridized carbons (Fsp3) is 0.500. The van der Waals surface area contributed by atoms with Crippen molar-refractivity contribution in [2.75, 3.05) is 0 Å². The van der Waals surface area contributed by atoms with E-state index in [9.17, 15) is 0 Å². The van der Waals surface area contributed by atoms with E-state index in [4.69, 9.17) is 5.73 Å². The van der Waals surface area contributed by atoms with E-state index >= 15 is 0 Å². The number of aryl methyl sites for hydroxylation is 2. The Kier molecular flexibility index (Phi) is 3.31. The van der Waals surface area contributed by atoms with Crippen molar-refractivity contribution in [1.29, 1.82) is 0 Å². The molecule has 17 heavy (non-hydrogen) atoms. The Balaban J connectivity index is 2.36. The highest BCUT2D eigenvalue weighted by molar-refractivity contribution is 7.11. The second kappa shape index (κ2) is 4.58. The smallest absolute Gasteiger partial charge is 0.116 e. The molecule has 0 spiro atoms. The number of hydrogen-bond acceptors (Lipinski definition) is 4. The first-order valence-corrected chi connectivity index (χ1v) is 6.53. The average Bonchev–Trinajstić information content (AvgIpc) is 2.85. The van der Waals surface area contributed by atoms with Crippen LogP contribution in [0.3, 0.4) is 0 Å². The summed E-state index contributed by atoms with van der Waals surface area (Å²) in [7, 11) is 0. The van der Waals surface area contributed by atoms with Gasteiger partial charge < -0.3 is 10.3 Å². The van der Waals surface area contributed by atoms with E-state index in [-0.39, 0.29) is 6.04 Å². The van der Waals surface area contributed by atoms with E-state index in [1.807, 2.05) is 19.4 Å². The number of nitrogens with two attached hydrogens (primary N) is 1. The molecule has 0 aliphatic heterocycles. The molecule has 0 fully saturated rings. The van der Waals surface area contributed by atoms with Gasteiger partial charge in [-0.3, -0.25) is 0 Å². The quantitative estimate of drug-likeness (QED) is 0.911. The molecule has 1 unspecified atom stereocenters. The van der Waals surface area contributed by atoms with Crippen molar-refractivity contribution in [3.8, 4) is 0 Å². The van der Waals surface area contributed by atoms with E-state index < -0.39 is 0 Å². The Bertz CT molecular complexity index is 493. The Morgan fingerprint density at radius 1 is 1.35 bits per heavy atom. The molecule has 2 heterocycles. The number of nitrogens with zero attached hydrogens (tertiary/aromatic N) is 3. The second-order valence-electron chi connectivity index (χ2n) is 4.49. The minimum atomic E-state index is -0.183. The van der Waals surface area contributed by atoms with Gasteiger partial charge in [0, 0.05) is 10.9 Å². The van der Waals surface area contributed by atoms with Crippen LogP contribution in [0.2, 0.25) is 0 Å². The van der Waals surface area contributed by atoms with Crippen LogP contribution in [-0.4, -0.2) is 14.5 Å². The number of thiazole rings is 1. The van der Waals surface area contributed by atoms with Crippen LogP contribution in [0.5, 0.6) is 0 Å². The molecule has 0 saturated heterocycles. The van der Waals surface area contributed by atoms with Crippen molar-refractivity contribution >= 4 is 11.3 Å². The molecular formula is C12H18N4S. The predicted molar refractivity (Wildman–Crippen MR) is 70.2 cm³/mol. The molecule has 0 radical (unpaired) electrons. The van der Waals surface area contributed by atoms with Crippen LogP contribution in [0.15, 0.2) is 12.5 Å². The number of aromatic nitrogens is 3. The van der Waals surface area contributed by atoms with Gasteiger partial charge in [0.2, 0.25) is 0 Å². The number of hydrogen-bond donors (Lipinski definition) is 1. The van der Waals surface area contributed by atoms with E-state index in [0.29, 0.717) is 6.04 Å². The first kappa shape index (κ1) is 12.3. The maximum Gasteiger partial charge on any atom is 0.116 e. The molecular weight excluding hydrogens is 232 g/mol. The van der Waals surface area contributed by atoms with Crippen LogP contribution in [0.25, 0.3) is 0 Å². The number of rotatable bonds is 3. The van der Waals surface area contributed by atoms with Gasteiger partial charge in [0.15, 0.2) is 0 Å². The average molecular weight is 250 g/mol. The zero-order valence-electron chi connectivity index (χ0n) is 10.6. The lowest BCUT2D eigenvalue weighted by molar-refractivity contribution is 0.559. The summed E-state index contributed by atoms with van der Waals surface area (Å²) in [6.45, 7) is 8.33. The van der Waals surface area contributed by atoms with Crippen LogP contribution in [0, 0.1) is 13.8 Å². The molecule has 0 bridgehead atoms. The molecule has 2 aromatic rings.